The Kier molecular flexibility index (Phi) is 8.07. The molecular formula is C14H20ClN3O2S. The van der Waals surface area contributed by atoms with Crippen LogP contribution in [0.4, 0.5) is 5.13 Å². The predicted octanol–water partition coefficient (Wildman–Crippen LogP) is 2.46. The van der Waals surface area contributed by atoms with Crippen LogP contribution < -0.4 is 15.8 Å². The highest BCUT2D eigenvalue weighted by Gasteiger charge is 2.03. The number of halogens is 1. The van der Waals surface area contributed by atoms with E-state index < -0.39 is 0 Å². The third-order valence-electron chi connectivity index (χ3n) is 2.70. The molecule has 0 saturated heterocycles. The summed E-state index contributed by atoms with van der Waals surface area (Å²) in [5.41, 5.74) is 6.73. The van der Waals surface area contributed by atoms with E-state index in [1.54, 1.807) is 13.3 Å². The van der Waals surface area contributed by atoms with Crippen molar-refractivity contribution in [2.24, 2.45) is 0 Å². The number of anilines is 1. The standard InChI is InChI=1S/C14H19N3O2S.ClH/c1-18-6-7-19-13-5-3-2-4-11(13)8-16-9-12-10-17-14(15)20-12;/h2-5,10,16H,6-9H2,1H3,(H2,15,17);1H. The molecule has 0 bridgehead atoms. The lowest BCUT2D eigenvalue weighted by Crippen LogP contribution is -2.13. The third-order valence-corrected chi connectivity index (χ3v) is 3.53. The first-order valence-electron chi connectivity index (χ1n) is 6.40. The second-order valence-electron chi connectivity index (χ2n) is 4.22. The molecule has 0 radical (unpaired) electrons. The van der Waals surface area contributed by atoms with Gasteiger partial charge in [0.05, 0.1) is 6.61 Å². The molecule has 0 unspecified atom stereocenters. The Balaban J connectivity index is 0.00000220. The summed E-state index contributed by atoms with van der Waals surface area (Å²) < 4.78 is 10.7. The van der Waals surface area contributed by atoms with Gasteiger partial charge in [-0.3, -0.25) is 0 Å². The molecule has 3 N–H and O–H groups in total. The zero-order valence-corrected chi connectivity index (χ0v) is 13.5. The molecule has 0 fully saturated rings. The lowest BCUT2D eigenvalue weighted by Gasteiger charge is -2.11. The number of nitrogens with two attached hydrogens (primary N) is 1. The maximum absolute atomic E-state index is 5.69. The lowest BCUT2D eigenvalue weighted by atomic mass is 10.2. The zero-order valence-electron chi connectivity index (χ0n) is 11.9. The summed E-state index contributed by atoms with van der Waals surface area (Å²) in [6.45, 7) is 2.63. The fourth-order valence-electron chi connectivity index (χ4n) is 1.75. The molecule has 0 aliphatic heterocycles. The number of methoxy groups -OCH3 is 1. The molecule has 1 heterocycles. The van der Waals surface area contributed by atoms with Crippen molar-refractivity contribution in [3.63, 3.8) is 0 Å². The number of ether oxygens (including phenoxy) is 2. The van der Waals surface area contributed by atoms with E-state index in [2.05, 4.69) is 16.4 Å². The van der Waals surface area contributed by atoms with E-state index in [0.29, 0.717) is 18.3 Å². The molecule has 0 aliphatic carbocycles. The highest BCUT2D eigenvalue weighted by molar-refractivity contribution is 7.15. The maximum atomic E-state index is 5.69. The van der Waals surface area contributed by atoms with Crippen LogP contribution in [-0.2, 0) is 17.8 Å². The first-order chi connectivity index (χ1) is 9.79. The summed E-state index contributed by atoms with van der Waals surface area (Å²) in [5.74, 6) is 0.890. The normalized spacial score (nSPS) is 10.1. The van der Waals surface area contributed by atoms with E-state index in [9.17, 15) is 0 Å². The van der Waals surface area contributed by atoms with Gasteiger partial charge in [0.25, 0.3) is 0 Å². The van der Waals surface area contributed by atoms with Gasteiger partial charge in [-0.15, -0.1) is 23.7 Å². The van der Waals surface area contributed by atoms with E-state index >= 15 is 0 Å². The number of rotatable bonds is 8. The highest BCUT2D eigenvalue weighted by atomic mass is 35.5. The van der Waals surface area contributed by atoms with Crippen LogP contribution in [0.5, 0.6) is 5.75 Å². The molecule has 116 valence electrons. The van der Waals surface area contributed by atoms with Crippen molar-refractivity contribution in [1.29, 1.82) is 0 Å². The minimum Gasteiger partial charge on any atom is -0.491 e. The Bertz CT molecular complexity index is 536. The Labute approximate surface area is 134 Å². The number of para-hydroxylation sites is 1. The third kappa shape index (κ3) is 5.89. The van der Waals surface area contributed by atoms with Crippen molar-refractivity contribution in [1.82, 2.24) is 10.3 Å². The molecule has 2 rings (SSSR count). The summed E-state index contributed by atoms with van der Waals surface area (Å²) >= 11 is 1.50. The smallest absolute Gasteiger partial charge is 0.180 e. The van der Waals surface area contributed by atoms with Crippen LogP contribution in [0.1, 0.15) is 10.4 Å². The fraction of sp³-hybridized carbons (Fsp3) is 0.357. The first kappa shape index (κ1) is 17.7. The number of nitrogens with one attached hydrogen (secondary N) is 1. The van der Waals surface area contributed by atoms with Gasteiger partial charge >= 0.3 is 0 Å². The quantitative estimate of drug-likeness (QED) is 0.728. The average molecular weight is 330 g/mol. The number of aromatic nitrogens is 1. The van der Waals surface area contributed by atoms with Gasteiger partial charge in [0.2, 0.25) is 0 Å². The molecule has 1 aromatic carbocycles. The molecular weight excluding hydrogens is 310 g/mol. The molecule has 0 saturated carbocycles. The molecule has 7 heteroatoms. The van der Waals surface area contributed by atoms with Crippen molar-refractivity contribution in [3.8, 4) is 5.75 Å². The first-order valence-corrected chi connectivity index (χ1v) is 7.22. The van der Waals surface area contributed by atoms with Crippen LogP contribution in [0.2, 0.25) is 0 Å². The van der Waals surface area contributed by atoms with Gasteiger partial charge in [-0.25, -0.2) is 4.98 Å². The molecule has 1 aromatic heterocycles. The molecule has 0 spiro atoms. The summed E-state index contributed by atoms with van der Waals surface area (Å²) in [6.07, 6.45) is 1.80. The number of benzene rings is 1. The fourth-order valence-corrected chi connectivity index (χ4v) is 2.40. The van der Waals surface area contributed by atoms with Gasteiger partial charge in [0, 0.05) is 36.8 Å². The zero-order chi connectivity index (χ0) is 14.2. The topological polar surface area (TPSA) is 69.4 Å². The largest absolute Gasteiger partial charge is 0.491 e. The van der Waals surface area contributed by atoms with Gasteiger partial charge in [-0.1, -0.05) is 18.2 Å². The van der Waals surface area contributed by atoms with Gasteiger partial charge < -0.3 is 20.5 Å². The minimum atomic E-state index is 0. The van der Waals surface area contributed by atoms with Crippen molar-refractivity contribution >= 4 is 28.9 Å². The Morgan fingerprint density at radius 3 is 2.76 bits per heavy atom. The average Bonchev–Trinajstić information content (AvgIpc) is 2.86. The molecule has 2 aromatic rings. The second kappa shape index (κ2) is 9.57. The molecule has 5 nitrogen and oxygen atoms in total. The van der Waals surface area contributed by atoms with Gasteiger partial charge in [-0.2, -0.15) is 0 Å². The Morgan fingerprint density at radius 2 is 2.05 bits per heavy atom. The van der Waals surface area contributed by atoms with E-state index in [-0.39, 0.29) is 12.4 Å². The van der Waals surface area contributed by atoms with E-state index in [4.69, 9.17) is 15.2 Å². The highest BCUT2D eigenvalue weighted by Crippen LogP contribution is 2.18. The number of hydrogen-bond acceptors (Lipinski definition) is 6. The monoisotopic (exact) mass is 329 g/mol. The summed E-state index contributed by atoms with van der Waals surface area (Å²) in [7, 11) is 1.66. The number of nitrogens with zero attached hydrogens (tertiary/aromatic N) is 1. The van der Waals surface area contributed by atoms with Gasteiger partial charge in [0.15, 0.2) is 5.13 Å². The van der Waals surface area contributed by atoms with Crippen LogP contribution in [0.15, 0.2) is 30.5 Å². The van der Waals surface area contributed by atoms with E-state index in [1.165, 1.54) is 11.3 Å². The van der Waals surface area contributed by atoms with Crippen LogP contribution in [0, 0.1) is 0 Å². The predicted molar refractivity (Wildman–Crippen MR) is 88.1 cm³/mol. The second-order valence-corrected chi connectivity index (χ2v) is 5.36. The van der Waals surface area contributed by atoms with Crippen molar-refractivity contribution in [2.75, 3.05) is 26.1 Å². The van der Waals surface area contributed by atoms with E-state index in [0.717, 1.165) is 29.3 Å². The van der Waals surface area contributed by atoms with Gasteiger partial charge in [-0.05, 0) is 6.07 Å². The number of hydrogen-bond donors (Lipinski definition) is 2. The Morgan fingerprint density at radius 1 is 1.24 bits per heavy atom. The van der Waals surface area contributed by atoms with Crippen LogP contribution >= 0.6 is 23.7 Å². The number of thiazole rings is 1. The maximum Gasteiger partial charge on any atom is 0.180 e. The van der Waals surface area contributed by atoms with Crippen LogP contribution in [-0.4, -0.2) is 25.3 Å². The molecule has 0 aliphatic rings. The Hall–Kier alpha value is -1.34. The van der Waals surface area contributed by atoms with Crippen molar-refractivity contribution in [3.05, 3.63) is 40.9 Å². The minimum absolute atomic E-state index is 0. The summed E-state index contributed by atoms with van der Waals surface area (Å²) in [6, 6.07) is 7.99. The lowest BCUT2D eigenvalue weighted by molar-refractivity contribution is 0.145. The summed E-state index contributed by atoms with van der Waals surface area (Å²) in [4.78, 5) is 5.15. The van der Waals surface area contributed by atoms with Gasteiger partial charge in [0.1, 0.15) is 12.4 Å². The van der Waals surface area contributed by atoms with Crippen molar-refractivity contribution < 1.29 is 9.47 Å². The summed E-state index contributed by atoms with van der Waals surface area (Å²) in [5, 5.41) is 3.97. The SMILES string of the molecule is COCCOc1ccccc1CNCc1cnc(N)s1.Cl. The van der Waals surface area contributed by atoms with Crippen LogP contribution in [0.3, 0.4) is 0 Å². The van der Waals surface area contributed by atoms with E-state index in [1.807, 2.05) is 18.2 Å². The molecule has 0 atom stereocenters. The number of nitrogen functional groups attached to an aromatic ring is 1. The molecule has 0 amide bonds. The van der Waals surface area contributed by atoms with Crippen LogP contribution in [0.25, 0.3) is 0 Å². The molecule has 21 heavy (non-hydrogen) atoms. The van der Waals surface area contributed by atoms with Crippen molar-refractivity contribution in [2.45, 2.75) is 13.1 Å².